The predicted molar refractivity (Wildman–Crippen MR) is 91.6 cm³/mol. The van der Waals surface area contributed by atoms with Gasteiger partial charge >= 0.3 is 0 Å². The van der Waals surface area contributed by atoms with Crippen LogP contribution in [0.1, 0.15) is 22.3 Å². The van der Waals surface area contributed by atoms with E-state index in [0.29, 0.717) is 5.75 Å². The Morgan fingerprint density at radius 2 is 1.18 bits per heavy atom. The van der Waals surface area contributed by atoms with Gasteiger partial charge in [-0.25, -0.2) is 0 Å². The van der Waals surface area contributed by atoms with Gasteiger partial charge < -0.3 is 5.11 Å². The van der Waals surface area contributed by atoms with Crippen molar-refractivity contribution in [2.24, 2.45) is 0 Å². The molecule has 0 aromatic heterocycles. The van der Waals surface area contributed by atoms with Crippen LogP contribution in [0.2, 0.25) is 5.02 Å². The molecule has 0 fully saturated rings. The smallest absolute Gasteiger partial charge is 0.119 e. The Morgan fingerprint density at radius 1 is 0.636 bits per heavy atom. The maximum Gasteiger partial charge on any atom is 0.119 e. The number of aromatic hydroxyl groups is 1. The SMILES string of the molecule is Oc1ccccc1Cc1ccccc1Cc1ccc(Cl)cc1. The van der Waals surface area contributed by atoms with Crippen molar-refractivity contribution >= 4 is 11.6 Å². The zero-order chi connectivity index (χ0) is 15.4. The van der Waals surface area contributed by atoms with Gasteiger partial charge in [-0.2, -0.15) is 0 Å². The third-order valence-corrected chi connectivity index (χ3v) is 4.05. The molecule has 0 heterocycles. The average Bonchev–Trinajstić information content (AvgIpc) is 2.53. The highest BCUT2D eigenvalue weighted by molar-refractivity contribution is 6.30. The molecule has 110 valence electrons. The third kappa shape index (κ3) is 3.49. The first-order valence-corrected chi connectivity index (χ1v) is 7.68. The fourth-order valence-electron chi connectivity index (χ4n) is 2.59. The minimum atomic E-state index is 0.351. The number of phenols is 1. The Bertz CT molecular complexity index is 763. The largest absolute Gasteiger partial charge is 0.508 e. The van der Waals surface area contributed by atoms with E-state index in [0.717, 1.165) is 23.4 Å². The van der Waals surface area contributed by atoms with Crippen LogP contribution in [0.5, 0.6) is 5.75 Å². The molecule has 0 bridgehead atoms. The van der Waals surface area contributed by atoms with Crippen LogP contribution in [0.25, 0.3) is 0 Å². The second kappa shape index (κ2) is 6.67. The van der Waals surface area contributed by atoms with E-state index in [-0.39, 0.29) is 0 Å². The van der Waals surface area contributed by atoms with E-state index in [9.17, 15) is 5.11 Å². The van der Waals surface area contributed by atoms with Crippen LogP contribution >= 0.6 is 11.6 Å². The molecule has 3 aromatic carbocycles. The van der Waals surface area contributed by atoms with Gasteiger partial charge in [0.1, 0.15) is 5.75 Å². The first kappa shape index (κ1) is 14.7. The van der Waals surface area contributed by atoms with Crippen molar-refractivity contribution in [1.82, 2.24) is 0 Å². The second-order valence-corrected chi connectivity index (χ2v) is 5.81. The van der Waals surface area contributed by atoms with Crippen molar-refractivity contribution in [1.29, 1.82) is 0 Å². The van der Waals surface area contributed by atoms with Crippen LogP contribution in [0.15, 0.2) is 72.8 Å². The van der Waals surface area contributed by atoms with Crippen LogP contribution in [-0.4, -0.2) is 5.11 Å². The summed E-state index contributed by atoms with van der Waals surface area (Å²) in [5.41, 5.74) is 4.69. The zero-order valence-electron chi connectivity index (χ0n) is 12.2. The average molecular weight is 309 g/mol. The number of para-hydroxylation sites is 1. The number of hydrogen-bond acceptors (Lipinski definition) is 1. The Labute approximate surface area is 135 Å². The lowest BCUT2D eigenvalue weighted by Crippen LogP contribution is -1.97. The molecule has 0 atom stereocenters. The van der Waals surface area contributed by atoms with Crippen LogP contribution in [-0.2, 0) is 12.8 Å². The molecule has 0 saturated carbocycles. The fraction of sp³-hybridized carbons (Fsp3) is 0.100. The second-order valence-electron chi connectivity index (χ2n) is 5.38. The number of hydrogen-bond donors (Lipinski definition) is 1. The summed E-state index contributed by atoms with van der Waals surface area (Å²) < 4.78 is 0. The van der Waals surface area contributed by atoms with Gasteiger partial charge in [0.15, 0.2) is 0 Å². The molecule has 3 rings (SSSR count). The molecule has 2 heteroatoms. The monoisotopic (exact) mass is 308 g/mol. The van der Waals surface area contributed by atoms with E-state index in [4.69, 9.17) is 11.6 Å². The standard InChI is InChI=1S/C20H17ClO/c21-19-11-9-15(10-12-19)13-16-5-1-2-6-17(16)14-18-7-3-4-8-20(18)22/h1-12,22H,13-14H2. The minimum Gasteiger partial charge on any atom is -0.508 e. The normalized spacial score (nSPS) is 10.6. The van der Waals surface area contributed by atoms with E-state index in [1.165, 1.54) is 16.7 Å². The van der Waals surface area contributed by atoms with E-state index >= 15 is 0 Å². The van der Waals surface area contributed by atoms with Crippen molar-refractivity contribution in [3.63, 3.8) is 0 Å². The molecule has 22 heavy (non-hydrogen) atoms. The molecular formula is C20H17ClO. The number of halogens is 1. The molecule has 0 spiro atoms. The van der Waals surface area contributed by atoms with Gasteiger partial charge in [0.25, 0.3) is 0 Å². The van der Waals surface area contributed by atoms with Crippen molar-refractivity contribution < 1.29 is 5.11 Å². The molecule has 0 saturated heterocycles. The summed E-state index contributed by atoms with van der Waals surface area (Å²) >= 11 is 5.94. The van der Waals surface area contributed by atoms with Crippen LogP contribution in [0.4, 0.5) is 0 Å². The maximum atomic E-state index is 9.97. The molecule has 1 nitrogen and oxygen atoms in total. The summed E-state index contributed by atoms with van der Waals surface area (Å²) in [6.45, 7) is 0. The van der Waals surface area contributed by atoms with Gasteiger partial charge in [-0.3, -0.25) is 0 Å². The van der Waals surface area contributed by atoms with E-state index < -0.39 is 0 Å². The molecule has 0 aliphatic heterocycles. The van der Waals surface area contributed by atoms with Gasteiger partial charge in [-0.15, -0.1) is 0 Å². The molecular weight excluding hydrogens is 292 g/mol. The topological polar surface area (TPSA) is 20.2 Å². The maximum absolute atomic E-state index is 9.97. The highest BCUT2D eigenvalue weighted by Crippen LogP contribution is 2.23. The first-order valence-electron chi connectivity index (χ1n) is 7.30. The van der Waals surface area contributed by atoms with Crippen LogP contribution in [0, 0.1) is 0 Å². The lowest BCUT2D eigenvalue weighted by atomic mass is 9.95. The molecule has 3 aromatic rings. The molecule has 0 aliphatic carbocycles. The number of rotatable bonds is 4. The fourth-order valence-corrected chi connectivity index (χ4v) is 2.72. The molecule has 0 amide bonds. The zero-order valence-corrected chi connectivity index (χ0v) is 12.9. The van der Waals surface area contributed by atoms with Gasteiger partial charge in [0.05, 0.1) is 0 Å². The Hall–Kier alpha value is -2.25. The summed E-state index contributed by atoms with van der Waals surface area (Å²) in [7, 11) is 0. The number of phenolic OH excluding ortho intramolecular Hbond substituents is 1. The molecule has 0 radical (unpaired) electrons. The van der Waals surface area contributed by atoms with Crippen LogP contribution in [0.3, 0.4) is 0 Å². The predicted octanol–water partition coefficient (Wildman–Crippen LogP) is 5.23. The molecule has 1 N–H and O–H groups in total. The highest BCUT2D eigenvalue weighted by atomic mass is 35.5. The van der Waals surface area contributed by atoms with Crippen molar-refractivity contribution in [2.75, 3.05) is 0 Å². The van der Waals surface area contributed by atoms with Gasteiger partial charge in [-0.1, -0.05) is 66.2 Å². The van der Waals surface area contributed by atoms with Gasteiger partial charge in [0.2, 0.25) is 0 Å². The molecule has 0 unspecified atom stereocenters. The lowest BCUT2D eigenvalue weighted by molar-refractivity contribution is 0.469. The third-order valence-electron chi connectivity index (χ3n) is 3.80. The summed E-state index contributed by atoms with van der Waals surface area (Å²) in [5.74, 6) is 0.351. The quantitative estimate of drug-likeness (QED) is 0.700. The summed E-state index contributed by atoms with van der Waals surface area (Å²) in [6.07, 6.45) is 1.59. The van der Waals surface area contributed by atoms with Crippen molar-refractivity contribution in [3.8, 4) is 5.75 Å². The Balaban J connectivity index is 1.87. The Kier molecular flexibility index (Phi) is 4.45. The Morgan fingerprint density at radius 3 is 1.82 bits per heavy atom. The summed E-state index contributed by atoms with van der Waals surface area (Å²) in [6, 6.07) is 23.8. The van der Waals surface area contributed by atoms with Gasteiger partial charge in [-0.05, 0) is 46.9 Å². The van der Waals surface area contributed by atoms with Gasteiger partial charge in [0, 0.05) is 11.4 Å². The van der Waals surface area contributed by atoms with Crippen molar-refractivity contribution in [2.45, 2.75) is 12.8 Å². The van der Waals surface area contributed by atoms with E-state index in [1.54, 1.807) is 6.07 Å². The van der Waals surface area contributed by atoms with Crippen molar-refractivity contribution in [3.05, 3.63) is 100 Å². The molecule has 0 aliphatic rings. The highest BCUT2D eigenvalue weighted by Gasteiger charge is 2.07. The first-order chi connectivity index (χ1) is 10.7. The minimum absolute atomic E-state index is 0.351. The van der Waals surface area contributed by atoms with Crippen LogP contribution < -0.4 is 0 Å². The lowest BCUT2D eigenvalue weighted by Gasteiger charge is -2.11. The van der Waals surface area contributed by atoms with E-state index in [2.05, 4.69) is 30.3 Å². The number of benzene rings is 3. The summed E-state index contributed by atoms with van der Waals surface area (Å²) in [5, 5.41) is 10.7. The summed E-state index contributed by atoms with van der Waals surface area (Å²) in [4.78, 5) is 0. The van der Waals surface area contributed by atoms with E-state index in [1.807, 2.05) is 36.4 Å².